The van der Waals surface area contributed by atoms with Crippen LogP contribution in [0.3, 0.4) is 0 Å². The van der Waals surface area contributed by atoms with Gasteiger partial charge in [-0.2, -0.15) is 13.2 Å². The maximum absolute atomic E-state index is 18.0. The predicted octanol–water partition coefficient (Wildman–Crippen LogP) is 17.9. The van der Waals surface area contributed by atoms with Crippen molar-refractivity contribution in [1.29, 1.82) is 0 Å². The number of alkyl halides is 3. The smallest absolute Gasteiger partial charge is 0.310 e. The highest BCUT2D eigenvalue weighted by Gasteiger charge is 2.53. The van der Waals surface area contributed by atoms with Crippen LogP contribution in [0.25, 0.3) is 0 Å². The van der Waals surface area contributed by atoms with Gasteiger partial charge in [-0.3, -0.25) is 0 Å². The van der Waals surface area contributed by atoms with Crippen molar-refractivity contribution in [2.24, 2.45) is 0 Å². The molecule has 0 radical (unpaired) electrons. The molecular weight excluding hydrogens is 1220 g/mol. The molecule has 0 spiro atoms. The summed E-state index contributed by atoms with van der Waals surface area (Å²) in [6.45, 7) is -0.662. The van der Waals surface area contributed by atoms with Gasteiger partial charge in [-0.25, -0.2) is 35.1 Å². The molecule has 0 amide bonds. The highest BCUT2D eigenvalue weighted by molar-refractivity contribution is 8.00. The van der Waals surface area contributed by atoms with Crippen LogP contribution in [-0.2, 0) is 6.18 Å². The van der Waals surface area contributed by atoms with Crippen LogP contribution in [0, 0.1) is 53.5 Å². The molecule has 0 aliphatic carbocycles. The summed E-state index contributed by atoms with van der Waals surface area (Å²) in [6.07, 6.45) is -5.27. The number of halogens is 11. The Morgan fingerprint density at radius 3 is 1.16 bits per heavy atom. The van der Waals surface area contributed by atoms with Gasteiger partial charge < -0.3 is 24.5 Å². The molecule has 5 nitrogen and oxygen atoms in total. The van der Waals surface area contributed by atoms with Crippen molar-refractivity contribution >= 4 is 143 Å². The molecule has 452 valence electrons. The minimum Gasteiger partial charge on any atom is -0.310 e. The van der Waals surface area contributed by atoms with E-state index in [0.29, 0.717) is 22.0 Å². The van der Waals surface area contributed by atoms with Crippen molar-refractivity contribution in [3.63, 3.8) is 0 Å². The van der Waals surface area contributed by atoms with Gasteiger partial charge in [0.15, 0.2) is 0 Å². The molecule has 19 heteroatoms. The molecule has 12 aromatic carbocycles. The Labute approximate surface area is 530 Å². The molecule has 0 N–H and O–H groups in total. The number of benzene rings is 12. The zero-order chi connectivity index (χ0) is 63.9. The molecule has 4 heterocycles. The van der Waals surface area contributed by atoms with Gasteiger partial charge in [0, 0.05) is 61.0 Å². The SMILES string of the molecule is Cc1ccccc1N1c2cc(N(c3ccccc3)c3c(F)cccc3F)cc3c2B(c2ccccc2N3c2c(F)cccc2F)c2cc3c(c(C(F)(F)F)c21)Sc1cc(N(c2ccccc2)c2c(F)cccc2F)cc2c1B3c1ccccc1N2c1c(F)cccc1F. The lowest BCUT2D eigenvalue weighted by Crippen LogP contribution is -2.65. The van der Waals surface area contributed by atoms with Gasteiger partial charge in [0.2, 0.25) is 6.71 Å². The number of anilines is 15. The summed E-state index contributed by atoms with van der Waals surface area (Å²) in [5.74, 6) is -7.95. The summed E-state index contributed by atoms with van der Waals surface area (Å²) in [5, 5.41) is 0. The van der Waals surface area contributed by atoms with E-state index in [1.54, 1.807) is 153 Å². The van der Waals surface area contributed by atoms with E-state index in [-0.39, 0.29) is 88.7 Å². The molecule has 0 bridgehead atoms. The zero-order valence-corrected chi connectivity index (χ0v) is 49.3. The third-order valence-corrected chi connectivity index (χ3v) is 18.9. The van der Waals surface area contributed by atoms with Gasteiger partial charge in [-0.05, 0) is 155 Å². The number of hydrogen-bond acceptors (Lipinski definition) is 6. The van der Waals surface area contributed by atoms with E-state index in [9.17, 15) is 0 Å². The Morgan fingerprint density at radius 1 is 0.333 bits per heavy atom. The topological polar surface area (TPSA) is 16.2 Å². The summed E-state index contributed by atoms with van der Waals surface area (Å²) in [5.41, 5.74) is -0.466. The van der Waals surface area contributed by atoms with Gasteiger partial charge in [-0.15, -0.1) is 0 Å². The minimum atomic E-state index is -5.27. The van der Waals surface area contributed by atoms with E-state index in [1.165, 1.54) is 67.0 Å². The Kier molecular flexibility index (Phi) is 13.5. The molecule has 0 fully saturated rings. The second-order valence-electron chi connectivity index (χ2n) is 22.9. The van der Waals surface area contributed by atoms with Crippen LogP contribution < -0.4 is 57.3 Å². The number of hydrogen-bond donors (Lipinski definition) is 0. The van der Waals surface area contributed by atoms with Crippen LogP contribution in [0.15, 0.2) is 246 Å². The fourth-order valence-corrected chi connectivity index (χ4v) is 15.4. The first-order valence-corrected chi connectivity index (χ1v) is 30.3. The zero-order valence-electron chi connectivity index (χ0n) is 48.5. The first-order chi connectivity index (χ1) is 45.1. The molecule has 0 unspecified atom stereocenters. The van der Waals surface area contributed by atoms with Crippen molar-refractivity contribution in [2.45, 2.75) is 22.9 Å². The quantitative estimate of drug-likeness (QED) is 0.105. The van der Waals surface area contributed by atoms with E-state index in [2.05, 4.69) is 0 Å². The van der Waals surface area contributed by atoms with Crippen LogP contribution in [0.1, 0.15) is 11.1 Å². The van der Waals surface area contributed by atoms with E-state index in [0.717, 1.165) is 60.3 Å². The first-order valence-electron chi connectivity index (χ1n) is 29.5. The van der Waals surface area contributed by atoms with Crippen LogP contribution in [0.5, 0.6) is 0 Å². The third kappa shape index (κ3) is 8.87. The molecule has 0 saturated heterocycles. The average Bonchev–Trinajstić information content (AvgIpc) is 0.681. The summed E-state index contributed by atoms with van der Waals surface area (Å²) in [4.78, 5) is 6.58. The number of nitrogens with zero attached hydrogens (tertiary/aromatic N) is 5. The summed E-state index contributed by atoms with van der Waals surface area (Å²) < 4.78 is 188. The standard InChI is InChI=1S/C74H42B2F11N5S/c1-41-18-8-11-33-58(41)90-61-36-44(88(42-19-4-2-5-20-42)69-50(77)25-14-26-51(69)78)37-62-66(61)75(46-23-9-12-34-59(46)91(62)71-54(81)29-16-30-55(71)82)48-40-49-73(65(68(48)90)74(85,86)87)93-64-39-45(89(43-21-6-3-7-22-43)70-52(79)27-15-28-53(70)80)38-63-67(64)76(49)47-24-10-13-35-60(47)92(63)72-56(83)31-17-32-57(72)84/h2-40H,1H3. The summed E-state index contributed by atoms with van der Waals surface area (Å²) >= 11 is 0.729. The third-order valence-electron chi connectivity index (χ3n) is 17.7. The van der Waals surface area contributed by atoms with E-state index in [1.807, 2.05) is 0 Å². The van der Waals surface area contributed by atoms with E-state index >= 15 is 48.3 Å². The first kappa shape index (κ1) is 57.5. The van der Waals surface area contributed by atoms with Crippen LogP contribution in [-0.4, -0.2) is 13.4 Å². The van der Waals surface area contributed by atoms with Gasteiger partial charge in [0.25, 0.3) is 6.71 Å². The Balaban J connectivity index is 1.06. The number of para-hydroxylation sites is 9. The number of aryl methyl sites for hydroxylation is 1. The number of rotatable bonds is 9. The summed E-state index contributed by atoms with van der Waals surface area (Å²) in [7, 11) is 0. The van der Waals surface area contributed by atoms with Crippen LogP contribution >= 0.6 is 11.8 Å². The highest BCUT2D eigenvalue weighted by atomic mass is 32.2. The molecule has 16 rings (SSSR count). The van der Waals surface area contributed by atoms with Crippen molar-refractivity contribution in [3.05, 3.63) is 294 Å². The highest BCUT2D eigenvalue weighted by Crippen LogP contribution is 2.56. The fourth-order valence-electron chi connectivity index (χ4n) is 14.1. The molecule has 4 aliphatic heterocycles. The van der Waals surface area contributed by atoms with Gasteiger partial charge in [0.05, 0.1) is 16.9 Å². The van der Waals surface area contributed by atoms with Gasteiger partial charge in [0.1, 0.15) is 69.3 Å². The lowest BCUT2D eigenvalue weighted by Gasteiger charge is -2.47. The average molecular weight is 1260 g/mol. The van der Waals surface area contributed by atoms with Crippen molar-refractivity contribution in [2.75, 3.05) is 24.5 Å². The van der Waals surface area contributed by atoms with Crippen LogP contribution in [0.4, 0.5) is 134 Å². The normalized spacial score (nSPS) is 13.2. The molecule has 0 aromatic heterocycles. The van der Waals surface area contributed by atoms with Crippen molar-refractivity contribution in [1.82, 2.24) is 0 Å². The molecule has 0 atom stereocenters. The molecule has 0 saturated carbocycles. The number of fused-ring (bicyclic) bond motifs is 8. The maximum Gasteiger partial charge on any atom is 0.419 e. The van der Waals surface area contributed by atoms with Crippen LogP contribution in [0.2, 0.25) is 0 Å². The molecule has 12 aromatic rings. The van der Waals surface area contributed by atoms with Crippen molar-refractivity contribution in [3.8, 4) is 0 Å². The van der Waals surface area contributed by atoms with E-state index < -0.39 is 94.5 Å². The summed E-state index contributed by atoms with van der Waals surface area (Å²) in [6, 6.07) is 57.5. The molecule has 93 heavy (non-hydrogen) atoms. The lowest BCUT2D eigenvalue weighted by molar-refractivity contribution is -0.139. The predicted molar refractivity (Wildman–Crippen MR) is 349 cm³/mol. The van der Waals surface area contributed by atoms with Crippen molar-refractivity contribution < 1.29 is 48.3 Å². The van der Waals surface area contributed by atoms with Gasteiger partial charge in [-0.1, -0.05) is 139 Å². The maximum atomic E-state index is 18.0. The largest absolute Gasteiger partial charge is 0.419 e. The lowest BCUT2D eigenvalue weighted by atomic mass is 9.30. The van der Waals surface area contributed by atoms with E-state index in [4.69, 9.17) is 0 Å². The second-order valence-corrected chi connectivity index (χ2v) is 23.9. The Hall–Kier alpha value is -10.7. The second kappa shape index (κ2) is 21.8. The molecular formula is C74H42B2F11N5S. The molecule has 4 aliphatic rings. The minimum absolute atomic E-state index is 0.0142. The monoisotopic (exact) mass is 1260 g/mol. The fraction of sp³-hybridized carbons (Fsp3) is 0.0270. The Morgan fingerprint density at radius 2 is 0.710 bits per heavy atom. The van der Waals surface area contributed by atoms with Gasteiger partial charge >= 0.3 is 6.18 Å². The Bertz CT molecular complexity index is 5020.